The molecule has 3 aliphatic rings. The van der Waals surface area contributed by atoms with Crippen LogP contribution in [0.5, 0.6) is 0 Å². The van der Waals surface area contributed by atoms with Crippen LogP contribution in [0.2, 0.25) is 0 Å². The van der Waals surface area contributed by atoms with Gasteiger partial charge in [0.25, 0.3) is 5.91 Å². The van der Waals surface area contributed by atoms with Crippen molar-refractivity contribution < 1.29 is 4.79 Å². The summed E-state index contributed by atoms with van der Waals surface area (Å²) in [7, 11) is 0. The minimum absolute atomic E-state index is 0.0316. The van der Waals surface area contributed by atoms with Gasteiger partial charge in [0.2, 0.25) is 5.95 Å². The van der Waals surface area contributed by atoms with Crippen LogP contribution in [0.4, 0.5) is 5.95 Å². The molecule has 2 aromatic heterocycles. The first kappa shape index (κ1) is 20.6. The second-order valence-electron chi connectivity index (χ2n) is 10.1. The fourth-order valence-corrected chi connectivity index (χ4v) is 6.55. The van der Waals surface area contributed by atoms with Gasteiger partial charge in [0.1, 0.15) is 0 Å². The van der Waals surface area contributed by atoms with Gasteiger partial charge >= 0.3 is 0 Å². The zero-order valence-corrected chi connectivity index (χ0v) is 19.3. The minimum Gasteiger partial charge on any atom is -0.273 e. The van der Waals surface area contributed by atoms with E-state index in [9.17, 15) is 4.79 Å². The van der Waals surface area contributed by atoms with Crippen LogP contribution in [0.25, 0.3) is 11.4 Å². The molecule has 0 saturated heterocycles. The van der Waals surface area contributed by atoms with Crippen molar-refractivity contribution in [1.29, 1.82) is 0 Å². The Morgan fingerprint density at radius 2 is 1.79 bits per heavy atom. The molecule has 6 nitrogen and oxygen atoms in total. The van der Waals surface area contributed by atoms with Crippen LogP contribution >= 0.6 is 0 Å². The van der Waals surface area contributed by atoms with Crippen molar-refractivity contribution in [3.63, 3.8) is 0 Å². The van der Waals surface area contributed by atoms with Gasteiger partial charge in [0.05, 0.1) is 5.54 Å². The third-order valence-electron chi connectivity index (χ3n) is 8.14. The van der Waals surface area contributed by atoms with Crippen LogP contribution in [0.1, 0.15) is 73.7 Å². The highest BCUT2D eigenvalue weighted by atomic mass is 16.2. The summed E-state index contributed by atoms with van der Waals surface area (Å²) in [6.07, 6.45) is 14.2. The average molecular weight is 442 g/mol. The molecule has 3 aromatic rings. The van der Waals surface area contributed by atoms with Crippen molar-refractivity contribution in [2.24, 2.45) is 5.92 Å². The number of carbonyl (C=O) groups excluding carboxylic acids is 1. The number of hydrogen-bond acceptors (Lipinski definition) is 4. The molecule has 1 aromatic carbocycles. The van der Waals surface area contributed by atoms with E-state index in [2.05, 4.69) is 16.6 Å². The van der Waals surface area contributed by atoms with Gasteiger partial charge in [-0.05, 0) is 56.9 Å². The fraction of sp³-hybridized carbons (Fsp3) is 0.481. The lowest BCUT2D eigenvalue weighted by molar-refractivity contribution is 0.0314. The zero-order valence-electron chi connectivity index (χ0n) is 19.3. The monoisotopic (exact) mass is 441 g/mol. The molecule has 0 N–H and O–H groups in total. The van der Waals surface area contributed by atoms with Crippen molar-refractivity contribution in [3.8, 4) is 11.4 Å². The summed E-state index contributed by atoms with van der Waals surface area (Å²) in [4.78, 5) is 25.3. The first-order valence-electron chi connectivity index (χ1n) is 12.5. The standard InChI is InChI=1S/C27H31N5O/c1-19-11-13-20(14-12-19)25(33)31-23-10-4-3-9-22(23)27(15-5-2-6-16-27)32-26(31)29-24(30-32)21-8-7-17-28-18-21/h7-8,11-14,17-18,22-23H,2-6,9-10,15-16H2,1H3. The number of nitrogens with zero attached hydrogens (tertiary/aromatic N) is 5. The smallest absolute Gasteiger partial charge is 0.260 e. The fourth-order valence-electron chi connectivity index (χ4n) is 6.55. The maximum absolute atomic E-state index is 14.0. The van der Waals surface area contributed by atoms with Crippen LogP contribution in [0.3, 0.4) is 0 Å². The number of amides is 1. The number of benzene rings is 1. The molecule has 2 saturated carbocycles. The van der Waals surface area contributed by atoms with Gasteiger partial charge in [-0.1, -0.05) is 49.8 Å². The normalized spacial score (nSPS) is 23.7. The van der Waals surface area contributed by atoms with E-state index in [0.29, 0.717) is 11.7 Å². The van der Waals surface area contributed by atoms with Gasteiger partial charge in [0.15, 0.2) is 5.82 Å². The maximum atomic E-state index is 14.0. The molecule has 0 radical (unpaired) electrons. The number of anilines is 1. The molecule has 6 rings (SSSR count). The molecule has 3 heterocycles. The van der Waals surface area contributed by atoms with Gasteiger partial charge in [-0.15, -0.1) is 5.10 Å². The Labute approximate surface area is 195 Å². The predicted octanol–water partition coefficient (Wildman–Crippen LogP) is 5.53. The molecule has 6 heteroatoms. The molecule has 170 valence electrons. The molecule has 1 aliphatic heterocycles. The average Bonchev–Trinajstić information content (AvgIpc) is 3.32. The summed E-state index contributed by atoms with van der Waals surface area (Å²) < 4.78 is 2.17. The van der Waals surface area contributed by atoms with E-state index in [4.69, 9.17) is 10.1 Å². The number of carbonyl (C=O) groups is 1. The van der Waals surface area contributed by atoms with Crippen LogP contribution in [0, 0.1) is 12.8 Å². The number of pyridine rings is 1. The third-order valence-corrected chi connectivity index (χ3v) is 8.14. The van der Waals surface area contributed by atoms with Crippen molar-refractivity contribution >= 4 is 11.9 Å². The van der Waals surface area contributed by atoms with Crippen LogP contribution < -0.4 is 4.90 Å². The Bertz CT molecular complexity index is 1150. The van der Waals surface area contributed by atoms with Gasteiger partial charge < -0.3 is 0 Å². The first-order valence-corrected chi connectivity index (χ1v) is 12.5. The number of fused-ring (bicyclic) bond motifs is 4. The van der Waals surface area contributed by atoms with E-state index >= 15 is 0 Å². The first-order chi connectivity index (χ1) is 16.2. The molecule has 1 spiro atoms. The van der Waals surface area contributed by atoms with Crippen molar-refractivity contribution in [2.45, 2.75) is 76.3 Å². The van der Waals surface area contributed by atoms with Crippen molar-refractivity contribution in [3.05, 3.63) is 59.9 Å². The lowest BCUT2D eigenvalue weighted by atomic mass is 9.64. The van der Waals surface area contributed by atoms with E-state index in [1.165, 1.54) is 32.1 Å². The predicted molar refractivity (Wildman–Crippen MR) is 128 cm³/mol. The van der Waals surface area contributed by atoms with E-state index < -0.39 is 0 Å². The Hall–Kier alpha value is -3.02. The highest BCUT2D eigenvalue weighted by Crippen LogP contribution is 2.53. The molecule has 33 heavy (non-hydrogen) atoms. The quantitative estimate of drug-likeness (QED) is 0.525. The summed E-state index contributed by atoms with van der Waals surface area (Å²) in [5.74, 6) is 1.87. The number of aryl methyl sites for hydroxylation is 1. The molecule has 2 aliphatic carbocycles. The maximum Gasteiger partial charge on any atom is 0.260 e. The molecular weight excluding hydrogens is 410 g/mol. The number of hydrogen-bond donors (Lipinski definition) is 0. The Kier molecular flexibility index (Phi) is 5.04. The Balaban J connectivity index is 1.54. The largest absolute Gasteiger partial charge is 0.273 e. The van der Waals surface area contributed by atoms with Crippen LogP contribution in [-0.4, -0.2) is 31.7 Å². The van der Waals surface area contributed by atoms with E-state index in [-0.39, 0.29) is 17.5 Å². The number of rotatable bonds is 2. The summed E-state index contributed by atoms with van der Waals surface area (Å²) in [6, 6.07) is 12.0. The number of aromatic nitrogens is 4. The lowest BCUT2D eigenvalue weighted by Gasteiger charge is -2.55. The lowest BCUT2D eigenvalue weighted by Crippen LogP contribution is -2.61. The second-order valence-corrected chi connectivity index (χ2v) is 10.1. The molecular formula is C27H31N5O. The van der Waals surface area contributed by atoms with Gasteiger partial charge in [0, 0.05) is 35.5 Å². The van der Waals surface area contributed by atoms with Crippen molar-refractivity contribution in [1.82, 2.24) is 19.7 Å². The summed E-state index contributed by atoms with van der Waals surface area (Å²) in [6.45, 7) is 2.05. The van der Waals surface area contributed by atoms with E-state index in [1.54, 1.807) is 6.20 Å². The second kappa shape index (κ2) is 8.08. The third kappa shape index (κ3) is 3.30. The highest BCUT2D eigenvalue weighted by molar-refractivity contribution is 6.06. The van der Waals surface area contributed by atoms with Crippen molar-refractivity contribution in [2.75, 3.05) is 4.90 Å². The molecule has 2 unspecified atom stereocenters. The molecule has 2 fully saturated rings. The Morgan fingerprint density at radius 1 is 1.00 bits per heavy atom. The minimum atomic E-state index is -0.0316. The molecule has 2 atom stereocenters. The van der Waals surface area contributed by atoms with E-state index in [0.717, 1.165) is 48.3 Å². The van der Waals surface area contributed by atoms with Gasteiger partial charge in [-0.25, -0.2) is 4.68 Å². The molecule has 1 amide bonds. The van der Waals surface area contributed by atoms with Crippen LogP contribution in [0.15, 0.2) is 48.8 Å². The highest BCUT2D eigenvalue weighted by Gasteiger charge is 2.55. The summed E-state index contributed by atoms with van der Waals surface area (Å²) in [5.41, 5.74) is 2.75. The summed E-state index contributed by atoms with van der Waals surface area (Å²) in [5, 5.41) is 5.10. The van der Waals surface area contributed by atoms with Gasteiger partial charge in [-0.2, -0.15) is 4.98 Å². The van der Waals surface area contributed by atoms with Crippen LogP contribution in [-0.2, 0) is 5.54 Å². The van der Waals surface area contributed by atoms with Gasteiger partial charge in [-0.3, -0.25) is 14.7 Å². The Morgan fingerprint density at radius 3 is 2.55 bits per heavy atom. The topological polar surface area (TPSA) is 63.9 Å². The summed E-state index contributed by atoms with van der Waals surface area (Å²) >= 11 is 0. The SMILES string of the molecule is Cc1ccc(C(=O)N2c3nc(-c4cccnc4)nn3C3(CCCCC3)C3CCCCC32)cc1. The zero-order chi connectivity index (χ0) is 22.4. The molecule has 0 bridgehead atoms. The van der Waals surface area contributed by atoms with E-state index in [1.807, 2.05) is 47.5 Å².